The SMILES string of the molecule is CC(OC(=O)N(C)C)C1=NN=C(c2ccccc2)C2CCCC(O)CCC12. The molecular formula is C21H29N3O3. The van der Waals surface area contributed by atoms with Crippen LogP contribution in [0, 0.1) is 11.8 Å². The van der Waals surface area contributed by atoms with E-state index in [-0.39, 0.29) is 24.0 Å². The minimum absolute atomic E-state index is 0.123. The molecule has 3 rings (SSSR count). The summed E-state index contributed by atoms with van der Waals surface area (Å²) < 4.78 is 5.56. The van der Waals surface area contributed by atoms with E-state index in [4.69, 9.17) is 4.74 Å². The Labute approximate surface area is 160 Å². The average molecular weight is 371 g/mol. The molecule has 6 heteroatoms. The number of carbonyl (C=O) groups excluding carboxylic acids is 1. The predicted molar refractivity (Wildman–Crippen MR) is 106 cm³/mol. The first-order chi connectivity index (χ1) is 13.0. The number of hydrogen-bond acceptors (Lipinski definition) is 5. The Morgan fingerprint density at radius 2 is 1.85 bits per heavy atom. The highest BCUT2D eigenvalue weighted by Gasteiger charge is 2.38. The van der Waals surface area contributed by atoms with Crippen molar-refractivity contribution in [2.75, 3.05) is 14.1 Å². The summed E-state index contributed by atoms with van der Waals surface area (Å²) in [5.74, 6) is 0.352. The third-order valence-corrected chi connectivity index (χ3v) is 5.48. The van der Waals surface area contributed by atoms with Crippen LogP contribution in [0.15, 0.2) is 40.5 Å². The van der Waals surface area contributed by atoms with Gasteiger partial charge in [0.2, 0.25) is 0 Å². The number of ether oxygens (including phenoxy) is 1. The topological polar surface area (TPSA) is 74.5 Å². The fourth-order valence-electron chi connectivity index (χ4n) is 4.01. The molecule has 0 spiro atoms. The minimum Gasteiger partial charge on any atom is -0.440 e. The van der Waals surface area contributed by atoms with E-state index in [2.05, 4.69) is 22.3 Å². The standard InChI is InChI=1S/C21H29N3O3/c1-14(27-21(26)24(2)3)19-18-13-12-16(25)10-7-11-17(18)20(23-22-19)15-8-5-4-6-9-15/h4-6,8-9,14,16-18,25H,7,10-13H2,1-3H3. The zero-order valence-corrected chi connectivity index (χ0v) is 16.3. The Kier molecular flexibility index (Phi) is 6.26. The maximum Gasteiger partial charge on any atom is 0.409 e. The Balaban J connectivity index is 1.92. The second-order valence-electron chi connectivity index (χ2n) is 7.67. The summed E-state index contributed by atoms with van der Waals surface area (Å²) in [6, 6.07) is 10.2. The fraction of sp³-hybridized carbons (Fsp3) is 0.571. The van der Waals surface area contributed by atoms with Gasteiger partial charge < -0.3 is 14.7 Å². The van der Waals surface area contributed by atoms with Gasteiger partial charge in [0.1, 0.15) is 6.10 Å². The molecule has 4 atom stereocenters. The van der Waals surface area contributed by atoms with E-state index < -0.39 is 6.10 Å². The molecule has 1 aliphatic carbocycles. The second kappa shape index (κ2) is 8.65. The van der Waals surface area contributed by atoms with Crippen molar-refractivity contribution in [2.24, 2.45) is 22.0 Å². The minimum atomic E-state index is -0.440. The molecule has 27 heavy (non-hydrogen) atoms. The van der Waals surface area contributed by atoms with Crippen molar-refractivity contribution in [1.82, 2.24) is 4.90 Å². The molecule has 146 valence electrons. The molecule has 0 saturated heterocycles. The van der Waals surface area contributed by atoms with E-state index in [1.807, 2.05) is 25.1 Å². The van der Waals surface area contributed by atoms with E-state index in [9.17, 15) is 9.90 Å². The van der Waals surface area contributed by atoms with Crippen LogP contribution in [-0.2, 0) is 4.74 Å². The maximum absolute atomic E-state index is 12.0. The zero-order chi connectivity index (χ0) is 19.4. The summed E-state index contributed by atoms with van der Waals surface area (Å²) in [4.78, 5) is 13.4. The lowest BCUT2D eigenvalue weighted by Gasteiger charge is -2.36. The molecule has 1 aromatic rings. The van der Waals surface area contributed by atoms with Crippen molar-refractivity contribution in [3.8, 4) is 0 Å². The molecule has 1 aliphatic heterocycles. The van der Waals surface area contributed by atoms with Crippen LogP contribution in [0.1, 0.15) is 44.6 Å². The molecule has 4 unspecified atom stereocenters. The summed E-state index contributed by atoms with van der Waals surface area (Å²) in [5.41, 5.74) is 2.91. The first-order valence-corrected chi connectivity index (χ1v) is 9.74. The van der Waals surface area contributed by atoms with Crippen LogP contribution in [0.4, 0.5) is 4.79 Å². The Hall–Kier alpha value is -2.21. The van der Waals surface area contributed by atoms with E-state index in [1.165, 1.54) is 4.90 Å². The molecule has 1 amide bonds. The molecule has 1 aromatic carbocycles. The van der Waals surface area contributed by atoms with E-state index in [0.717, 1.165) is 49.1 Å². The van der Waals surface area contributed by atoms with Gasteiger partial charge in [-0.25, -0.2) is 4.79 Å². The second-order valence-corrected chi connectivity index (χ2v) is 7.67. The summed E-state index contributed by atoms with van der Waals surface area (Å²) in [5, 5.41) is 19.2. The van der Waals surface area contributed by atoms with Gasteiger partial charge in [-0.05, 0) is 38.2 Å². The van der Waals surface area contributed by atoms with Gasteiger partial charge in [-0.2, -0.15) is 10.2 Å². The summed E-state index contributed by atoms with van der Waals surface area (Å²) in [6.45, 7) is 1.86. The van der Waals surface area contributed by atoms with Crippen LogP contribution < -0.4 is 0 Å². The highest BCUT2D eigenvalue weighted by atomic mass is 16.6. The maximum atomic E-state index is 12.0. The molecule has 6 nitrogen and oxygen atoms in total. The Morgan fingerprint density at radius 3 is 2.56 bits per heavy atom. The molecule has 0 aromatic heterocycles. The molecule has 1 saturated carbocycles. The molecule has 2 aliphatic rings. The van der Waals surface area contributed by atoms with Crippen LogP contribution in [0.25, 0.3) is 0 Å². The average Bonchev–Trinajstić information content (AvgIpc) is 2.65. The number of aliphatic hydroxyl groups is 1. The zero-order valence-electron chi connectivity index (χ0n) is 16.3. The van der Waals surface area contributed by atoms with Crippen molar-refractivity contribution in [3.05, 3.63) is 35.9 Å². The van der Waals surface area contributed by atoms with Crippen LogP contribution in [-0.4, -0.2) is 53.8 Å². The molecule has 1 heterocycles. The van der Waals surface area contributed by atoms with Crippen LogP contribution in [0.2, 0.25) is 0 Å². The van der Waals surface area contributed by atoms with Gasteiger partial charge in [-0.3, -0.25) is 0 Å². The number of fused-ring (bicyclic) bond motifs is 1. The predicted octanol–water partition coefficient (Wildman–Crippen LogP) is 3.49. The van der Waals surface area contributed by atoms with Crippen molar-refractivity contribution < 1.29 is 14.6 Å². The molecule has 0 radical (unpaired) electrons. The first kappa shape index (κ1) is 19.5. The van der Waals surface area contributed by atoms with Crippen LogP contribution in [0.3, 0.4) is 0 Å². The van der Waals surface area contributed by atoms with Crippen molar-refractivity contribution in [2.45, 2.75) is 51.2 Å². The van der Waals surface area contributed by atoms with Gasteiger partial charge >= 0.3 is 6.09 Å². The third kappa shape index (κ3) is 4.56. The molecule has 0 bridgehead atoms. The van der Waals surface area contributed by atoms with Gasteiger partial charge in [0, 0.05) is 25.9 Å². The number of hydrogen-bond donors (Lipinski definition) is 1. The normalized spacial score (nSPS) is 26.6. The lowest BCUT2D eigenvalue weighted by molar-refractivity contribution is 0.101. The lowest BCUT2D eigenvalue weighted by atomic mass is 9.73. The summed E-state index contributed by atoms with van der Waals surface area (Å²) >= 11 is 0. The van der Waals surface area contributed by atoms with Gasteiger partial charge in [0.15, 0.2) is 0 Å². The van der Waals surface area contributed by atoms with Crippen LogP contribution in [0.5, 0.6) is 0 Å². The fourth-order valence-corrected chi connectivity index (χ4v) is 4.01. The van der Waals surface area contributed by atoms with Gasteiger partial charge in [-0.1, -0.05) is 36.8 Å². The Morgan fingerprint density at radius 1 is 1.11 bits per heavy atom. The number of benzene rings is 1. The summed E-state index contributed by atoms with van der Waals surface area (Å²) in [6.07, 6.45) is 3.18. The highest BCUT2D eigenvalue weighted by molar-refractivity contribution is 6.08. The number of aliphatic hydroxyl groups excluding tert-OH is 1. The third-order valence-electron chi connectivity index (χ3n) is 5.48. The number of rotatable bonds is 3. The van der Waals surface area contributed by atoms with Crippen molar-refractivity contribution in [3.63, 3.8) is 0 Å². The van der Waals surface area contributed by atoms with Gasteiger partial charge in [-0.15, -0.1) is 0 Å². The Bertz CT molecular complexity index is 715. The quantitative estimate of drug-likeness (QED) is 0.884. The largest absolute Gasteiger partial charge is 0.440 e. The van der Waals surface area contributed by atoms with Crippen molar-refractivity contribution >= 4 is 17.5 Å². The van der Waals surface area contributed by atoms with E-state index >= 15 is 0 Å². The lowest BCUT2D eigenvalue weighted by Crippen LogP contribution is -2.42. The van der Waals surface area contributed by atoms with Gasteiger partial charge in [0.05, 0.1) is 17.5 Å². The smallest absolute Gasteiger partial charge is 0.409 e. The van der Waals surface area contributed by atoms with Gasteiger partial charge in [0.25, 0.3) is 0 Å². The molecule has 1 fully saturated rings. The number of amides is 1. The highest BCUT2D eigenvalue weighted by Crippen LogP contribution is 2.36. The van der Waals surface area contributed by atoms with E-state index in [0.29, 0.717) is 0 Å². The van der Waals surface area contributed by atoms with E-state index in [1.54, 1.807) is 14.1 Å². The van der Waals surface area contributed by atoms with Crippen molar-refractivity contribution in [1.29, 1.82) is 0 Å². The van der Waals surface area contributed by atoms with Crippen LogP contribution >= 0.6 is 0 Å². The summed E-state index contributed by atoms with van der Waals surface area (Å²) in [7, 11) is 3.33. The molecule has 1 N–H and O–H groups in total. The molecular weight excluding hydrogens is 342 g/mol. The number of nitrogens with zero attached hydrogens (tertiary/aromatic N) is 3. The number of carbonyl (C=O) groups is 1. The first-order valence-electron chi connectivity index (χ1n) is 9.74. The monoisotopic (exact) mass is 371 g/mol.